The molecular weight excluding hydrogens is 372 g/mol. The molecule has 0 aliphatic carbocycles. The minimum atomic E-state index is -0.342. The topological polar surface area (TPSA) is 63.4 Å². The molecule has 0 rings (SSSR count). The van der Waals surface area contributed by atoms with E-state index in [9.17, 15) is 9.59 Å². The highest BCUT2D eigenvalue weighted by molar-refractivity contribution is 5.91. The van der Waals surface area contributed by atoms with E-state index in [0.717, 1.165) is 12.8 Å². The fraction of sp³-hybridized carbons (Fsp3) is 0.769. The molecule has 30 heavy (non-hydrogen) atoms. The highest BCUT2D eigenvalue weighted by Gasteiger charge is 2.00. The molecule has 0 spiro atoms. The van der Waals surface area contributed by atoms with E-state index in [-0.39, 0.29) is 11.8 Å². The summed E-state index contributed by atoms with van der Waals surface area (Å²) in [5.74, 6) is -0.332. The van der Waals surface area contributed by atoms with Crippen LogP contribution in [-0.4, -0.2) is 23.8 Å². The van der Waals surface area contributed by atoms with Crippen LogP contribution in [0.15, 0.2) is 24.9 Å². The maximum absolute atomic E-state index is 10.8. The van der Waals surface area contributed by atoms with Crippen LogP contribution >= 0.6 is 0 Å². The van der Waals surface area contributed by atoms with Gasteiger partial charge in [-0.3, -0.25) is 9.59 Å². The Balaban J connectivity index is 0. The second-order valence-corrected chi connectivity index (χ2v) is 8.33. The summed E-state index contributed by atoms with van der Waals surface area (Å²) in [5.41, 5.74) is 5.74. The first-order chi connectivity index (χ1) is 14.4. The first-order valence-corrected chi connectivity index (χ1v) is 12.2. The smallest absolute Gasteiger partial charge is 0.244 e. The SMILES string of the molecule is C=C(CCCCCCCCCCCCCCCCCC)C(N)=O.C=CN(C)C(C)=O. The lowest BCUT2D eigenvalue weighted by Crippen LogP contribution is -2.15. The molecule has 0 heterocycles. The van der Waals surface area contributed by atoms with Crippen molar-refractivity contribution in [3.8, 4) is 0 Å². The van der Waals surface area contributed by atoms with Crippen LogP contribution in [0.5, 0.6) is 0 Å². The number of unbranched alkanes of at least 4 members (excludes halogenated alkanes) is 15. The second-order valence-electron chi connectivity index (χ2n) is 8.33. The summed E-state index contributed by atoms with van der Waals surface area (Å²) < 4.78 is 0. The second kappa shape index (κ2) is 23.7. The molecule has 0 aromatic heterocycles. The molecule has 0 saturated carbocycles. The van der Waals surface area contributed by atoms with Gasteiger partial charge in [-0.1, -0.05) is 116 Å². The fourth-order valence-corrected chi connectivity index (χ4v) is 3.14. The number of hydrogen-bond acceptors (Lipinski definition) is 2. The van der Waals surface area contributed by atoms with Crippen LogP contribution in [0, 0.1) is 0 Å². The van der Waals surface area contributed by atoms with Gasteiger partial charge in [0.05, 0.1) is 0 Å². The average molecular weight is 423 g/mol. The molecule has 0 fully saturated rings. The molecule has 0 aromatic rings. The number of carbonyl (C=O) groups is 2. The van der Waals surface area contributed by atoms with Gasteiger partial charge in [-0.2, -0.15) is 0 Å². The maximum Gasteiger partial charge on any atom is 0.244 e. The predicted octanol–water partition coefficient (Wildman–Crippen LogP) is 7.29. The minimum Gasteiger partial charge on any atom is -0.366 e. The van der Waals surface area contributed by atoms with E-state index in [2.05, 4.69) is 20.1 Å². The Morgan fingerprint density at radius 1 is 0.767 bits per heavy atom. The average Bonchev–Trinajstić information content (AvgIpc) is 2.72. The molecule has 0 aliphatic rings. The maximum atomic E-state index is 10.8. The zero-order valence-electron chi connectivity index (χ0n) is 20.4. The van der Waals surface area contributed by atoms with Crippen molar-refractivity contribution < 1.29 is 9.59 Å². The zero-order chi connectivity index (χ0) is 23.0. The number of nitrogens with zero attached hydrogens (tertiary/aromatic N) is 1. The summed E-state index contributed by atoms with van der Waals surface area (Å²) in [4.78, 5) is 22.5. The van der Waals surface area contributed by atoms with E-state index in [1.807, 2.05) is 0 Å². The Morgan fingerprint density at radius 2 is 1.10 bits per heavy atom. The van der Waals surface area contributed by atoms with Crippen LogP contribution in [0.2, 0.25) is 0 Å². The Hall–Kier alpha value is -1.58. The molecule has 0 aromatic carbocycles. The molecule has 4 heteroatoms. The van der Waals surface area contributed by atoms with Gasteiger partial charge in [-0.15, -0.1) is 0 Å². The van der Waals surface area contributed by atoms with Gasteiger partial charge in [0.1, 0.15) is 0 Å². The molecule has 0 aliphatic heterocycles. The van der Waals surface area contributed by atoms with Crippen LogP contribution < -0.4 is 5.73 Å². The van der Waals surface area contributed by atoms with E-state index in [1.165, 1.54) is 114 Å². The van der Waals surface area contributed by atoms with Crippen LogP contribution in [-0.2, 0) is 9.59 Å². The first-order valence-electron chi connectivity index (χ1n) is 12.2. The van der Waals surface area contributed by atoms with Crippen molar-refractivity contribution in [1.29, 1.82) is 0 Å². The highest BCUT2D eigenvalue weighted by Crippen LogP contribution is 2.14. The Morgan fingerprint density at radius 3 is 1.33 bits per heavy atom. The van der Waals surface area contributed by atoms with Crippen molar-refractivity contribution in [2.45, 2.75) is 123 Å². The number of amides is 2. The minimum absolute atomic E-state index is 0.00926. The standard InChI is InChI=1S/C21H41NO.C5H9NO/c1-3-4-5-6-7-8-9-10-11-12-13-14-15-16-17-18-19-20(2)21(22)23;1-4-6(3)5(2)7/h2-19H2,1H3,(H2,22,23);4H,1H2,2-3H3. The van der Waals surface area contributed by atoms with Gasteiger partial charge in [-0.25, -0.2) is 0 Å². The van der Waals surface area contributed by atoms with Gasteiger partial charge in [0.15, 0.2) is 0 Å². The van der Waals surface area contributed by atoms with Crippen molar-refractivity contribution in [1.82, 2.24) is 4.90 Å². The van der Waals surface area contributed by atoms with Crippen molar-refractivity contribution >= 4 is 11.8 Å². The molecule has 0 radical (unpaired) electrons. The largest absolute Gasteiger partial charge is 0.366 e. The van der Waals surface area contributed by atoms with E-state index in [1.54, 1.807) is 7.05 Å². The number of carbonyl (C=O) groups excluding carboxylic acids is 2. The van der Waals surface area contributed by atoms with Crippen molar-refractivity contribution in [3.63, 3.8) is 0 Å². The molecular formula is C26H50N2O2. The molecule has 0 unspecified atom stereocenters. The van der Waals surface area contributed by atoms with E-state index < -0.39 is 0 Å². The lowest BCUT2D eigenvalue weighted by Gasteiger charge is -2.04. The van der Waals surface area contributed by atoms with Gasteiger partial charge in [0.25, 0.3) is 0 Å². The predicted molar refractivity (Wildman–Crippen MR) is 131 cm³/mol. The van der Waals surface area contributed by atoms with Crippen molar-refractivity contribution in [2.24, 2.45) is 5.73 Å². The monoisotopic (exact) mass is 422 g/mol. The quantitative estimate of drug-likeness (QED) is 0.175. The molecule has 176 valence electrons. The summed E-state index contributed by atoms with van der Waals surface area (Å²) in [5, 5.41) is 0. The number of rotatable bonds is 19. The molecule has 0 bridgehead atoms. The summed E-state index contributed by atoms with van der Waals surface area (Å²) in [6.07, 6.45) is 24.1. The fourth-order valence-electron chi connectivity index (χ4n) is 3.14. The molecule has 0 saturated heterocycles. The van der Waals surface area contributed by atoms with Gasteiger partial charge in [0, 0.05) is 19.5 Å². The van der Waals surface area contributed by atoms with E-state index >= 15 is 0 Å². The van der Waals surface area contributed by atoms with Gasteiger partial charge in [-0.05, 0) is 19.0 Å². The van der Waals surface area contributed by atoms with Crippen LogP contribution in [0.1, 0.15) is 123 Å². The molecule has 4 nitrogen and oxygen atoms in total. The third kappa shape index (κ3) is 24.5. The highest BCUT2D eigenvalue weighted by atomic mass is 16.2. The molecule has 0 atom stereocenters. The molecule has 2 N–H and O–H groups in total. The van der Waals surface area contributed by atoms with Crippen LogP contribution in [0.3, 0.4) is 0 Å². The Labute approximate surface area is 187 Å². The zero-order valence-corrected chi connectivity index (χ0v) is 20.4. The summed E-state index contributed by atoms with van der Waals surface area (Å²) in [6, 6.07) is 0. The van der Waals surface area contributed by atoms with Gasteiger partial charge >= 0.3 is 0 Å². The normalized spacial score (nSPS) is 10.1. The van der Waals surface area contributed by atoms with Crippen LogP contribution in [0.25, 0.3) is 0 Å². The number of hydrogen-bond donors (Lipinski definition) is 1. The van der Waals surface area contributed by atoms with Crippen molar-refractivity contribution in [3.05, 3.63) is 24.9 Å². The van der Waals surface area contributed by atoms with Crippen LogP contribution in [0.4, 0.5) is 0 Å². The summed E-state index contributed by atoms with van der Waals surface area (Å²) in [6.45, 7) is 10.8. The number of primary amides is 1. The number of nitrogens with two attached hydrogens (primary N) is 1. The van der Waals surface area contributed by atoms with E-state index in [0.29, 0.717) is 5.57 Å². The third-order valence-corrected chi connectivity index (χ3v) is 5.45. The molecule has 2 amide bonds. The first kappa shape index (κ1) is 30.6. The Kier molecular flexibility index (Phi) is 24.2. The third-order valence-electron chi connectivity index (χ3n) is 5.45. The summed E-state index contributed by atoms with van der Waals surface area (Å²) in [7, 11) is 1.66. The lowest BCUT2D eigenvalue weighted by molar-refractivity contribution is -0.125. The van der Waals surface area contributed by atoms with Crippen molar-refractivity contribution in [2.75, 3.05) is 7.05 Å². The lowest BCUT2D eigenvalue weighted by atomic mass is 10.0. The van der Waals surface area contributed by atoms with Gasteiger partial charge < -0.3 is 10.6 Å². The van der Waals surface area contributed by atoms with E-state index in [4.69, 9.17) is 5.73 Å². The summed E-state index contributed by atoms with van der Waals surface area (Å²) >= 11 is 0. The Bertz CT molecular complexity index is 446. The van der Waals surface area contributed by atoms with Gasteiger partial charge in [0.2, 0.25) is 11.8 Å².